The molecule has 0 spiro atoms. The summed E-state index contributed by atoms with van der Waals surface area (Å²) in [5.74, 6) is -0.0906. The van der Waals surface area contributed by atoms with Crippen molar-refractivity contribution in [2.75, 3.05) is 13.2 Å². The molecule has 1 saturated heterocycles. The molecule has 0 saturated carbocycles. The Morgan fingerprint density at radius 1 is 1.55 bits per heavy atom. The van der Waals surface area contributed by atoms with Crippen molar-refractivity contribution in [1.29, 1.82) is 0 Å². The summed E-state index contributed by atoms with van der Waals surface area (Å²) in [6.45, 7) is 2.69. The Hall–Kier alpha value is -1.95. The second-order valence-corrected chi connectivity index (χ2v) is 5.24. The van der Waals surface area contributed by atoms with Gasteiger partial charge in [0.25, 0.3) is 5.91 Å². The Labute approximate surface area is 117 Å². The fraction of sp³-hybridized carbons (Fsp3) is 0.500. The Bertz CT molecular complexity index is 633. The number of aliphatic hydroxyl groups is 1. The standard InChI is InChI=1S/C14H18N4O2/c1-2-14(10-19)5-3-7-17(14)13(20)11-9-16-18-8-4-6-15-12(11)18/h4,6,8-9,19H,2-3,5,7,10H2,1H3. The van der Waals surface area contributed by atoms with Gasteiger partial charge in [-0.05, 0) is 25.3 Å². The van der Waals surface area contributed by atoms with E-state index in [4.69, 9.17) is 0 Å². The molecule has 0 bridgehead atoms. The number of hydrogen-bond donors (Lipinski definition) is 1. The van der Waals surface area contributed by atoms with E-state index >= 15 is 0 Å². The van der Waals surface area contributed by atoms with E-state index in [1.807, 2.05) is 6.92 Å². The van der Waals surface area contributed by atoms with Crippen LogP contribution < -0.4 is 0 Å². The van der Waals surface area contributed by atoms with Crippen LogP contribution in [0, 0.1) is 0 Å². The lowest BCUT2D eigenvalue weighted by Gasteiger charge is -2.36. The van der Waals surface area contributed by atoms with Crippen LogP contribution in [0.2, 0.25) is 0 Å². The summed E-state index contributed by atoms with van der Waals surface area (Å²) in [6.07, 6.45) is 7.49. The third kappa shape index (κ3) is 1.79. The zero-order chi connectivity index (χ0) is 14.2. The van der Waals surface area contributed by atoms with Crippen molar-refractivity contribution in [2.24, 2.45) is 0 Å². The topological polar surface area (TPSA) is 70.7 Å². The number of hydrogen-bond acceptors (Lipinski definition) is 4. The molecule has 1 atom stereocenters. The fourth-order valence-corrected chi connectivity index (χ4v) is 3.02. The van der Waals surface area contributed by atoms with Crippen molar-refractivity contribution in [3.05, 3.63) is 30.2 Å². The highest BCUT2D eigenvalue weighted by molar-refractivity contribution is 6.00. The van der Waals surface area contributed by atoms with Gasteiger partial charge in [-0.1, -0.05) is 6.92 Å². The van der Waals surface area contributed by atoms with Gasteiger partial charge in [0, 0.05) is 18.9 Å². The number of amides is 1. The van der Waals surface area contributed by atoms with Crippen LogP contribution in [-0.4, -0.2) is 49.2 Å². The molecular formula is C14H18N4O2. The first-order valence-electron chi connectivity index (χ1n) is 6.93. The first-order chi connectivity index (χ1) is 9.72. The highest BCUT2D eigenvalue weighted by Gasteiger charge is 2.42. The second kappa shape index (κ2) is 4.86. The van der Waals surface area contributed by atoms with E-state index in [2.05, 4.69) is 10.1 Å². The molecule has 1 amide bonds. The van der Waals surface area contributed by atoms with Crippen molar-refractivity contribution >= 4 is 11.6 Å². The molecule has 3 heterocycles. The fourth-order valence-electron chi connectivity index (χ4n) is 3.02. The second-order valence-electron chi connectivity index (χ2n) is 5.24. The van der Waals surface area contributed by atoms with Gasteiger partial charge in [0.05, 0.1) is 18.3 Å². The van der Waals surface area contributed by atoms with E-state index < -0.39 is 5.54 Å². The first-order valence-corrected chi connectivity index (χ1v) is 6.93. The van der Waals surface area contributed by atoms with E-state index in [9.17, 15) is 9.90 Å². The van der Waals surface area contributed by atoms with E-state index in [0.29, 0.717) is 17.8 Å². The average Bonchev–Trinajstić information content (AvgIpc) is 3.11. The molecule has 0 aliphatic carbocycles. The quantitative estimate of drug-likeness (QED) is 0.910. The maximum Gasteiger partial charge on any atom is 0.259 e. The maximum absolute atomic E-state index is 12.8. The minimum Gasteiger partial charge on any atom is -0.394 e. The minimum atomic E-state index is -0.430. The SMILES string of the molecule is CCC1(CO)CCCN1C(=O)c1cnn2cccnc12. The third-order valence-electron chi connectivity index (χ3n) is 4.30. The molecule has 20 heavy (non-hydrogen) atoms. The lowest BCUT2D eigenvalue weighted by molar-refractivity contribution is 0.0399. The predicted octanol–water partition coefficient (Wildman–Crippen LogP) is 1.11. The lowest BCUT2D eigenvalue weighted by Crippen LogP contribution is -2.49. The molecule has 1 unspecified atom stereocenters. The normalized spacial score (nSPS) is 22.6. The maximum atomic E-state index is 12.8. The summed E-state index contributed by atoms with van der Waals surface area (Å²) in [5, 5.41) is 13.9. The largest absolute Gasteiger partial charge is 0.394 e. The van der Waals surface area contributed by atoms with Crippen LogP contribution in [0.3, 0.4) is 0 Å². The van der Waals surface area contributed by atoms with Crippen LogP contribution in [0.15, 0.2) is 24.7 Å². The molecule has 0 aromatic carbocycles. The van der Waals surface area contributed by atoms with Gasteiger partial charge in [0.15, 0.2) is 5.65 Å². The van der Waals surface area contributed by atoms with Crippen LogP contribution in [0.25, 0.3) is 5.65 Å². The van der Waals surface area contributed by atoms with Gasteiger partial charge in [0.2, 0.25) is 0 Å². The number of fused-ring (bicyclic) bond motifs is 1. The summed E-state index contributed by atoms with van der Waals surface area (Å²) >= 11 is 0. The number of carbonyl (C=O) groups is 1. The van der Waals surface area contributed by atoms with Gasteiger partial charge in [-0.25, -0.2) is 9.50 Å². The Morgan fingerprint density at radius 3 is 3.15 bits per heavy atom. The summed E-state index contributed by atoms with van der Waals surface area (Å²) in [5.41, 5.74) is 0.631. The molecule has 3 rings (SSSR count). The van der Waals surface area contributed by atoms with Gasteiger partial charge in [0.1, 0.15) is 5.56 Å². The van der Waals surface area contributed by atoms with Gasteiger partial charge in [-0.2, -0.15) is 5.10 Å². The molecule has 1 aliphatic heterocycles. The third-order valence-corrected chi connectivity index (χ3v) is 4.30. The smallest absolute Gasteiger partial charge is 0.259 e. The molecule has 1 aliphatic rings. The molecule has 1 N–H and O–H groups in total. The molecule has 1 fully saturated rings. The van der Waals surface area contributed by atoms with E-state index in [0.717, 1.165) is 19.3 Å². The number of nitrogens with zero attached hydrogens (tertiary/aromatic N) is 4. The van der Waals surface area contributed by atoms with Crippen molar-refractivity contribution < 1.29 is 9.90 Å². The summed E-state index contributed by atoms with van der Waals surface area (Å²) < 4.78 is 1.59. The van der Waals surface area contributed by atoms with Crippen molar-refractivity contribution in [2.45, 2.75) is 31.7 Å². The summed E-state index contributed by atoms with van der Waals surface area (Å²) in [4.78, 5) is 18.8. The van der Waals surface area contributed by atoms with Crippen LogP contribution in [0.4, 0.5) is 0 Å². The highest BCUT2D eigenvalue weighted by Crippen LogP contribution is 2.33. The van der Waals surface area contributed by atoms with Crippen LogP contribution in [-0.2, 0) is 0 Å². The Balaban J connectivity index is 2.00. The summed E-state index contributed by atoms with van der Waals surface area (Å²) in [6, 6.07) is 1.77. The highest BCUT2D eigenvalue weighted by atomic mass is 16.3. The molecule has 106 valence electrons. The number of carbonyl (C=O) groups excluding carboxylic acids is 1. The molecule has 0 radical (unpaired) electrons. The molecule has 6 nitrogen and oxygen atoms in total. The van der Waals surface area contributed by atoms with Gasteiger partial charge in [-0.15, -0.1) is 0 Å². The minimum absolute atomic E-state index is 0.00187. The van der Waals surface area contributed by atoms with Crippen molar-refractivity contribution in [3.8, 4) is 0 Å². The summed E-state index contributed by atoms with van der Waals surface area (Å²) in [7, 11) is 0. The van der Waals surface area contributed by atoms with E-state index in [1.54, 1.807) is 34.1 Å². The number of aliphatic hydroxyl groups excluding tert-OH is 1. The number of rotatable bonds is 3. The average molecular weight is 274 g/mol. The monoisotopic (exact) mass is 274 g/mol. The van der Waals surface area contributed by atoms with Gasteiger partial charge in [-0.3, -0.25) is 4.79 Å². The number of likely N-dealkylation sites (tertiary alicyclic amines) is 1. The van der Waals surface area contributed by atoms with E-state index in [1.165, 1.54) is 0 Å². The van der Waals surface area contributed by atoms with Gasteiger partial charge < -0.3 is 10.0 Å². The molecular weight excluding hydrogens is 256 g/mol. The van der Waals surface area contributed by atoms with Gasteiger partial charge >= 0.3 is 0 Å². The van der Waals surface area contributed by atoms with E-state index in [-0.39, 0.29) is 12.5 Å². The zero-order valence-corrected chi connectivity index (χ0v) is 11.5. The van der Waals surface area contributed by atoms with Crippen LogP contribution >= 0.6 is 0 Å². The predicted molar refractivity (Wildman–Crippen MR) is 73.4 cm³/mol. The zero-order valence-electron chi connectivity index (χ0n) is 11.5. The Kier molecular flexibility index (Phi) is 3.17. The number of aromatic nitrogens is 3. The lowest BCUT2D eigenvalue weighted by atomic mass is 9.93. The Morgan fingerprint density at radius 2 is 2.40 bits per heavy atom. The van der Waals surface area contributed by atoms with Crippen LogP contribution in [0.1, 0.15) is 36.5 Å². The van der Waals surface area contributed by atoms with Crippen molar-refractivity contribution in [1.82, 2.24) is 19.5 Å². The molecule has 6 heteroatoms. The van der Waals surface area contributed by atoms with Crippen LogP contribution in [0.5, 0.6) is 0 Å². The van der Waals surface area contributed by atoms with Crippen molar-refractivity contribution in [3.63, 3.8) is 0 Å². The first kappa shape index (κ1) is 13.1. The molecule has 2 aromatic heterocycles. The molecule has 2 aromatic rings.